The average Bonchev–Trinajstić information content (AvgIpc) is 2.48. The summed E-state index contributed by atoms with van der Waals surface area (Å²) < 4.78 is 124. The van der Waals surface area contributed by atoms with Gasteiger partial charge in [0.25, 0.3) is 0 Å². The van der Waals surface area contributed by atoms with Crippen LogP contribution in [0, 0.1) is 32.7 Å². The summed E-state index contributed by atoms with van der Waals surface area (Å²) in [6.45, 7) is 0. The van der Waals surface area contributed by atoms with Gasteiger partial charge in [0.1, 0.15) is 0 Å². The molecule has 0 aromatic heterocycles. The van der Waals surface area contributed by atoms with Gasteiger partial charge < -0.3 is 10.2 Å². The van der Waals surface area contributed by atoms with Crippen molar-refractivity contribution in [2.45, 2.75) is 12.4 Å². The lowest BCUT2D eigenvalue weighted by atomic mass is 10.3. The lowest BCUT2D eigenvalue weighted by molar-refractivity contribution is -0.193. The first-order valence-corrected chi connectivity index (χ1v) is 6.20. The van der Waals surface area contributed by atoms with E-state index in [0.717, 1.165) is 22.6 Å². The van der Waals surface area contributed by atoms with Crippen LogP contribution in [0.4, 0.5) is 48.3 Å². The molecule has 0 atom stereocenters. The fraction of sp³-hybridized carbons (Fsp3) is 0.200. The van der Waals surface area contributed by atoms with E-state index in [-0.39, 0.29) is 0 Å². The van der Waals surface area contributed by atoms with Crippen LogP contribution in [-0.2, 0) is 9.59 Å². The van der Waals surface area contributed by atoms with E-state index >= 15 is 0 Å². The third-order valence-electron chi connectivity index (χ3n) is 1.64. The van der Waals surface area contributed by atoms with E-state index in [0.29, 0.717) is 0 Å². The predicted octanol–water partition coefficient (Wildman–Crippen LogP) is 4.25. The molecule has 0 aliphatic rings. The van der Waals surface area contributed by atoms with E-state index < -0.39 is 56.9 Å². The molecule has 0 heterocycles. The zero-order chi connectivity index (χ0) is 21.6. The van der Waals surface area contributed by atoms with Gasteiger partial charge in [0.15, 0.2) is 23.3 Å². The van der Waals surface area contributed by atoms with Crippen molar-refractivity contribution in [3.63, 3.8) is 0 Å². The standard InChI is InChI=1S/C6F5I.2C2HF3O2/c7-1-2(8)4(10)6(12)5(11)3(1)9;2*3-2(4,5)1(6)7/h;2*(H,6,7). The first-order valence-electron chi connectivity index (χ1n) is 5.12. The second-order valence-electron chi connectivity index (χ2n) is 3.49. The van der Waals surface area contributed by atoms with Crippen LogP contribution in [0.2, 0.25) is 0 Å². The third-order valence-corrected chi connectivity index (χ3v) is 2.59. The summed E-state index contributed by atoms with van der Waals surface area (Å²) >= 11 is 1.04. The van der Waals surface area contributed by atoms with Crippen LogP contribution in [0.3, 0.4) is 0 Å². The minimum absolute atomic E-state index is 0.899. The molecule has 0 saturated carbocycles. The highest BCUT2D eigenvalue weighted by atomic mass is 127. The summed E-state index contributed by atoms with van der Waals surface area (Å²) in [6, 6.07) is 0. The number of halogens is 12. The number of hydrogen-bond acceptors (Lipinski definition) is 2. The lowest BCUT2D eigenvalue weighted by Crippen LogP contribution is -2.21. The van der Waals surface area contributed by atoms with Crippen LogP contribution in [0.1, 0.15) is 0 Å². The second-order valence-corrected chi connectivity index (χ2v) is 4.57. The normalized spacial score (nSPS) is 10.9. The molecule has 0 radical (unpaired) electrons. The first kappa shape index (κ1) is 26.4. The van der Waals surface area contributed by atoms with Gasteiger partial charge in [0, 0.05) is 0 Å². The molecule has 0 bridgehead atoms. The number of rotatable bonds is 0. The van der Waals surface area contributed by atoms with Gasteiger partial charge in [0.05, 0.1) is 3.57 Å². The van der Waals surface area contributed by atoms with Crippen molar-refractivity contribution >= 4 is 34.5 Å². The molecule has 0 amide bonds. The van der Waals surface area contributed by atoms with Crippen LogP contribution in [0.5, 0.6) is 0 Å². The summed E-state index contributed by atoms with van der Waals surface area (Å²) in [5, 5.41) is 14.2. The summed E-state index contributed by atoms with van der Waals surface area (Å²) in [6.07, 6.45) is -10.2. The summed E-state index contributed by atoms with van der Waals surface area (Å²) in [7, 11) is 0. The quantitative estimate of drug-likeness (QED) is 0.232. The monoisotopic (exact) mass is 522 g/mol. The molecule has 26 heavy (non-hydrogen) atoms. The van der Waals surface area contributed by atoms with Crippen molar-refractivity contribution in [3.8, 4) is 0 Å². The van der Waals surface area contributed by atoms with Crippen LogP contribution in [0.25, 0.3) is 0 Å². The first-order chi connectivity index (χ1) is 11.4. The zero-order valence-corrected chi connectivity index (χ0v) is 13.4. The third kappa shape index (κ3) is 8.48. The van der Waals surface area contributed by atoms with Crippen molar-refractivity contribution in [3.05, 3.63) is 32.7 Å². The highest BCUT2D eigenvalue weighted by Crippen LogP contribution is 2.23. The number of carboxylic acids is 2. The number of benzene rings is 1. The van der Waals surface area contributed by atoms with E-state index in [1.54, 1.807) is 0 Å². The van der Waals surface area contributed by atoms with Gasteiger partial charge >= 0.3 is 24.3 Å². The Labute approximate surface area is 148 Å². The lowest BCUT2D eigenvalue weighted by Gasteiger charge is -2.00. The summed E-state index contributed by atoms with van der Waals surface area (Å²) in [4.78, 5) is 17.8. The van der Waals surface area contributed by atoms with Crippen LogP contribution in [-0.4, -0.2) is 34.5 Å². The Morgan fingerprint density at radius 3 is 0.923 bits per heavy atom. The number of aliphatic carboxylic acids is 2. The predicted molar refractivity (Wildman–Crippen MR) is 66.3 cm³/mol. The highest BCUT2D eigenvalue weighted by molar-refractivity contribution is 14.1. The topological polar surface area (TPSA) is 74.6 Å². The van der Waals surface area contributed by atoms with E-state index in [1.807, 2.05) is 0 Å². The van der Waals surface area contributed by atoms with Crippen LogP contribution >= 0.6 is 22.6 Å². The van der Waals surface area contributed by atoms with E-state index in [1.165, 1.54) is 0 Å². The van der Waals surface area contributed by atoms with E-state index in [9.17, 15) is 48.3 Å². The van der Waals surface area contributed by atoms with Crippen molar-refractivity contribution in [1.82, 2.24) is 0 Å². The fourth-order valence-electron chi connectivity index (χ4n) is 0.578. The van der Waals surface area contributed by atoms with Gasteiger partial charge in [-0.15, -0.1) is 0 Å². The van der Waals surface area contributed by atoms with Crippen LogP contribution in [0.15, 0.2) is 0 Å². The molecule has 0 unspecified atom stereocenters. The van der Waals surface area contributed by atoms with Gasteiger partial charge in [-0.2, -0.15) is 26.3 Å². The second kappa shape index (κ2) is 9.72. The summed E-state index contributed by atoms with van der Waals surface area (Å²) in [5.41, 5.74) is 0. The average molecular weight is 522 g/mol. The SMILES string of the molecule is Fc1c(F)c(F)c(I)c(F)c1F.O=C(O)C(F)(F)F.O=C(O)C(F)(F)F. The van der Waals surface area contributed by atoms with Gasteiger partial charge in [0.2, 0.25) is 5.82 Å². The molecule has 2 N–H and O–H groups in total. The Kier molecular flexibility index (Phi) is 9.85. The molecule has 0 spiro atoms. The Morgan fingerprint density at radius 2 is 0.769 bits per heavy atom. The summed E-state index contributed by atoms with van der Waals surface area (Å²) in [5.74, 6) is -15.1. The van der Waals surface area contributed by atoms with Crippen molar-refractivity contribution < 1.29 is 68.1 Å². The Bertz CT molecular complexity index is 539. The Hall–Kier alpha value is -1.88. The van der Waals surface area contributed by atoms with Crippen LogP contribution < -0.4 is 0 Å². The molecule has 0 aliphatic carbocycles. The fourth-order valence-corrected chi connectivity index (χ4v) is 1.05. The Morgan fingerprint density at radius 1 is 0.615 bits per heavy atom. The van der Waals surface area contributed by atoms with E-state index in [2.05, 4.69) is 0 Å². The molecule has 0 fully saturated rings. The maximum atomic E-state index is 12.4. The van der Waals surface area contributed by atoms with Gasteiger partial charge in [-0.25, -0.2) is 31.5 Å². The van der Waals surface area contributed by atoms with Crippen molar-refractivity contribution in [2.75, 3.05) is 0 Å². The van der Waals surface area contributed by atoms with Gasteiger partial charge in [-0.05, 0) is 22.6 Å². The maximum absolute atomic E-state index is 12.4. The number of carbonyl (C=O) groups is 2. The number of alkyl halides is 6. The zero-order valence-electron chi connectivity index (χ0n) is 11.2. The smallest absolute Gasteiger partial charge is 0.475 e. The highest BCUT2D eigenvalue weighted by Gasteiger charge is 2.38. The Balaban J connectivity index is 0. The molecule has 0 aliphatic heterocycles. The molecule has 150 valence electrons. The largest absolute Gasteiger partial charge is 0.490 e. The van der Waals surface area contributed by atoms with Gasteiger partial charge in [-0.3, -0.25) is 0 Å². The maximum Gasteiger partial charge on any atom is 0.490 e. The minimum atomic E-state index is -5.08. The van der Waals surface area contributed by atoms with E-state index in [4.69, 9.17) is 19.8 Å². The van der Waals surface area contributed by atoms with Crippen molar-refractivity contribution in [1.29, 1.82) is 0 Å². The minimum Gasteiger partial charge on any atom is -0.475 e. The molecule has 16 heteroatoms. The molecule has 0 saturated heterocycles. The molecule has 4 nitrogen and oxygen atoms in total. The van der Waals surface area contributed by atoms with Crippen molar-refractivity contribution in [2.24, 2.45) is 0 Å². The molecular formula is C10H2F11IO4. The molecule has 1 rings (SSSR count). The molecule has 1 aromatic carbocycles. The van der Waals surface area contributed by atoms with Gasteiger partial charge in [-0.1, -0.05) is 0 Å². The number of hydrogen-bond donors (Lipinski definition) is 2. The molecule has 1 aromatic rings. The molecular weight excluding hydrogens is 520 g/mol. The number of carboxylic acid groups (broad SMARTS) is 2.